The highest BCUT2D eigenvalue weighted by molar-refractivity contribution is 7.89. The molecule has 0 unspecified atom stereocenters. The van der Waals surface area contributed by atoms with Gasteiger partial charge in [-0.3, -0.25) is 0 Å². The molecule has 1 aliphatic carbocycles. The van der Waals surface area contributed by atoms with Crippen LogP contribution in [0.2, 0.25) is 0 Å². The lowest BCUT2D eigenvalue weighted by Gasteiger charge is -2.17. The van der Waals surface area contributed by atoms with Crippen LogP contribution in [-0.2, 0) is 10.0 Å². The summed E-state index contributed by atoms with van der Waals surface area (Å²) < 4.78 is 31.0. The zero-order valence-electron chi connectivity index (χ0n) is 10.6. The van der Waals surface area contributed by atoms with Crippen LogP contribution >= 0.6 is 0 Å². The molecule has 1 fully saturated rings. The SMILES string of the molecule is COc1ccc(S(=O)(=O)N(C)CC2CC2)cc1N. The van der Waals surface area contributed by atoms with Crippen molar-refractivity contribution in [3.05, 3.63) is 18.2 Å². The van der Waals surface area contributed by atoms with Gasteiger partial charge in [-0.2, -0.15) is 0 Å². The molecule has 0 radical (unpaired) electrons. The summed E-state index contributed by atoms with van der Waals surface area (Å²) in [5.74, 6) is 0.999. The van der Waals surface area contributed by atoms with Gasteiger partial charge < -0.3 is 10.5 Å². The maximum absolute atomic E-state index is 12.3. The van der Waals surface area contributed by atoms with Gasteiger partial charge in [-0.1, -0.05) is 0 Å². The van der Waals surface area contributed by atoms with Crippen LogP contribution in [0, 0.1) is 5.92 Å². The summed E-state index contributed by atoms with van der Waals surface area (Å²) in [6, 6.07) is 4.54. The van der Waals surface area contributed by atoms with Gasteiger partial charge in [0.1, 0.15) is 5.75 Å². The Labute approximate surface area is 108 Å². The molecule has 100 valence electrons. The van der Waals surface area contributed by atoms with E-state index in [0.717, 1.165) is 12.8 Å². The van der Waals surface area contributed by atoms with Gasteiger partial charge in [-0.25, -0.2) is 12.7 Å². The first-order valence-electron chi connectivity index (χ1n) is 5.85. The van der Waals surface area contributed by atoms with E-state index in [-0.39, 0.29) is 4.90 Å². The number of nitrogens with zero attached hydrogens (tertiary/aromatic N) is 1. The lowest BCUT2D eigenvalue weighted by molar-refractivity contribution is 0.416. The standard InChI is InChI=1S/C12H18N2O3S/c1-14(8-9-3-4-9)18(15,16)10-5-6-12(17-2)11(13)7-10/h5-7,9H,3-4,8,13H2,1-2H3. The third kappa shape index (κ3) is 2.59. The quantitative estimate of drug-likeness (QED) is 0.819. The van der Waals surface area contributed by atoms with Gasteiger partial charge in [0.15, 0.2) is 0 Å². The molecule has 0 atom stereocenters. The number of nitrogen functional groups attached to an aromatic ring is 1. The number of rotatable bonds is 5. The van der Waals surface area contributed by atoms with Gasteiger partial charge >= 0.3 is 0 Å². The Bertz CT molecular complexity index is 538. The maximum Gasteiger partial charge on any atom is 0.242 e. The third-order valence-electron chi connectivity index (χ3n) is 3.12. The van der Waals surface area contributed by atoms with E-state index in [1.54, 1.807) is 13.1 Å². The van der Waals surface area contributed by atoms with Crippen LogP contribution in [0.3, 0.4) is 0 Å². The molecule has 1 saturated carbocycles. The molecular weight excluding hydrogens is 252 g/mol. The number of ether oxygens (including phenoxy) is 1. The average molecular weight is 270 g/mol. The summed E-state index contributed by atoms with van der Waals surface area (Å²) in [5, 5.41) is 0. The highest BCUT2D eigenvalue weighted by Crippen LogP contribution is 2.32. The lowest BCUT2D eigenvalue weighted by Crippen LogP contribution is -2.29. The van der Waals surface area contributed by atoms with Crippen LogP contribution in [0.25, 0.3) is 0 Å². The van der Waals surface area contributed by atoms with Crippen molar-refractivity contribution in [2.45, 2.75) is 17.7 Å². The Morgan fingerprint density at radius 1 is 1.44 bits per heavy atom. The summed E-state index contributed by atoms with van der Waals surface area (Å²) in [4.78, 5) is 0.212. The normalized spacial score (nSPS) is 15.9. The lowest BCUT2D eigenvalue weighted by atomic mass is 10.3. The molecule has 6 heteroatoms. The van der Waals surface area contributed by atoms with E-state index in [4.69, 9.17) is 10.5 Å². The molecule has 0 bridgehead atoms. The fraction of sp³-hybridized carbons (Fsp3) is 0.500. The van der Waals surface area contributed by atoms with Crippen molar-refractivity contribution in [3.63, 3.8) is 0 Å². The van der Waals surface area contributed by atoms with Gasteiger partial charge in [0.05, 0.1) is 17.7 Å². The van der Waals surface area contributed by atoms with Gasteiger partial charge in [0.2, 0.25) is 10.0 Å². The minimum Gasteiger partial charge on any atom is -0.495 e. The first kappa shape index (κ1) is 13.2. The molecule has 0 amide bonds. The molecule has 0 spiro atoms. The minimum atomic E-state index is -3.44. The molecule has 0 aromatic heterocycles. The van der Waals surface area contributed by atoms with Crippen molar-refractivity contribution in [2.75, 3.05) is 26.4 Å². The van der Waals surface area contributed by atoms with Crippen molar-refractivity contribution in [3.8, 4) is 5.75 Å². The number of nitrogens with two attached hydrogens (primary N) is 1. The van der Waals surface area contributed by atoms with Crippen molar-refractivity contribution < 1.29 is 13.2 Å². The molecule has 0 aliphatic heterocycles. The summed E-state index contributed by atoms with van der Waals surface area (Å²) in [7, 11) is -0.339. The van der Waals surface area contributed by atoms with Crippen LogP contribution < -0.4 is 10.5 Å². The summed E-state index contributed by atoms with van der Waals surface area (Å²) >= 11 is 0. The van der Waals surface area contributed by atoms with Gasteiger partial charge in [0.25, 0.3) is 0 Å². The Hall–Kier alpha value is -1.27. The van der Waals surface area contributed by atoms with E-state index in [2.05, 4.69) is 0 Å². The third-order valence-corrected chi connectivity index (χ3v) is 4.94. The second-order valence-corrected chi connectivity index (χ2v) is 6.68. The zero-order chi connectivity index (χ0) is 13.3. The number of benzene rings is 1. The molecule has 0 heterocycles. The molecule has 2 N–H and O–H groups in total. The molecule has 0 saturated heterocycles. The average Bonchev–Trinajstić information content (AvgIpc) is 3.12. The Morgan fingerprint density at radius 2 is 2.11 bits per heavy atom. The predicted octanol–water partition coefficient (Wildman–Crippen LogP) is 1.31. The number of hydrogen-bond donors (Lipinski definition) is 1. The van der Waals surface area contributed by atoms with Crippen molar-refractivity contribution in [2.24, 2.45) is 5.92 Å². The number of sulfonamides is 1. The minimum absolute atomic E-state index is 0.212. The van der Waals surface area contributed by atoms with Crippen LogP contribution in [-0.4, -0.2) is 33.4 Å². The first-order chi connectivity index (χ1) is 8.45. The largest absolute Gasteiger partial charge is 0.495 e. The first-order valence-corrected chi connectivity index (χ1v) is 7.29. The molecule has 18 heavy (non-hydrogen) atoms. The Morgan fingerprint density at radius 3 is 2.61 bits per heavy atom. The number of methoxy groups -OCH3 is 1. The van der Waals surface area contributed by atoms with Crippen LogP contribution in [0.15, 0.2) is 23.1 Å². The van der Waals surface area contributed by atoms with Crippen molar-refractivity contribution in [1.82, 2.24) is 4.31 Å². The molecule has 2 rings (SSSR count). The van der Waals surface area contributed by atoms with Gasteiger partial charge in [0, 0.05) is 13.6 Å². The smallest absolute Gasteiger partial charge is 0.242 e. The molecule has 5 nitrogen and oxygen atoms in total. The predicted molar refractivity (Wildman–Crippen MR) is 69.9 cm³/mol. The van der Waals surface area contributed by atoms with Gasteiger partial charge in [-0.05, 0) is 37.0 Å². The maximum atomic E-state index is 12.3. The van der Waals surface area contributed by atoms with Gasteiger partial charge in [-0.15, -0.1) is 0 Å². The second-order valence-electron chi connectivity index (χ2n) is 4.63. The summed E-state index contributed by atoms with van der Waals surface area (Å²) in [6.07, 6.45) is 2.23. The Kier molecular flexibility index (Phi) is 3.49. The number of anilines is 1. The highest BCUT2D eigenvalue weighted by atomic mass is 32.2. The monoisotopic (exact) mass is 270 g/mol. The fourth-order valence-electron chi connectivity index (χ4n) is 1.81. The Balaban J connectivity index is 2.25. The second kappa shape index (κ2) is 4.78. The van der Waals surface area contributed by atoms with Crippen LogP contribution in [0.4, 0.5) is 5.69 Å². The molecule has 1 aliphatic rings. The number of hydrogen-bond acceptors (Lipinski definition) is 4. The van der Waals surface area contributed by atoms with Crippen LogP contribution in [0.5, 0.6) is 5.75 Å². The summed E-state index contributed by atoms with van der Waals surface area (Å²) in [6.45, 7) is 0.578. The molecular formula is C12H18N2O3S. The van der Waals surface area contributed by atoms with Crippen LogP contribution in [0.1, 0.15) is 12.8 Å². The molecule has 1 aromatic carbocycles. The zero-order valence-corrected chi connectivity index (χ0v) is 11.4. The van der Waals surface area contributed by atoms with Crippen molar-refractivity contribution in [1.29, 1.82) is 0 Å². The van der Waals surface area contributed by atoms with Crippen molar-refractivity contribution >= 4 is 15.7 Å². The molecule has 1 aromatic rings. The topological polar surface area (TPSA) is 72.6 Å². The fourth-order valence-corrected chi connectivity index (χ4v) is 3.10. The van der Waals surface area contributed by atoms with E-state index < -0.39 is 10.0 Å². The summed E-state index contributed by atoms with van der Waals surface area (Å²) in [5.41, 5.74) is 6.07. The van der Waals surface area contributed by atoms with E-state index >= 15 is 0 Å². The van der Waals surface area contributed by atoms with E-state index in [9.17, 15) is 8.42 Å². The van der Waals surface area contributed by atoms with E-state index in [1.165, 1.54) is 23.5 Å². The van der Waals surface area contributed by atoms with E-state index in [1.807, 2.05) is 0 Å². The van der Waals surface area contributed by atoms with E-state index in [0.29, 0.717) is 23.9 Å². The highest BCUT2D eigenvalue weighted by Gasteiger charge is 2.29.